The molecule has 2 aromatic rings. The first-order valence-electron chi connectivity index (χ1n) is 6.86. The first kappa shape index (κ1) is 13.5. The van der Waals surface area contributed by atoms with Crippen molar-refractivity contribution < 1.29 is 4.74 Å². The monoisotopic (exact) mass is 279 g/mol. The number of nitrogens with zero attached hydrogens (tertiary/aromatic N) is 2. The Morgan fingerprint density at radius 2 is 2.00 bits per heavy atom. The van der Waals surface area contributed by atoms with Crippen LogP contribution in [0.25, 0.3) is 0 Å². The van der Waals surface area contributed by atoms with E-state index >= 15 is 0 Å². The van der Waals surface area contributed by atoms with Crippen LogP contribution in [0.5, 0.6) is 5.75 Å². The molecule has 0 unspecified atom stereocenters. The summed E-state index contributed by atoms with van der Waals surface area (Å²) in [7, 11) is 1.59. The fourth-order valence-corrected chi connectivity index (χ4v) is 2.78. The van der Waals surface area contributed by atoms with E-state index in [2.05, 4.69) is 23.1 Å². The van der Waals surface area contributed by atoms with Crippen molar-refractivity contribution in [2.24, 2.45) is 0 Å². The van der Waals surface area contributed by atoms with Crippen LogP contribution >= 0.6 is 0 Å². The highest BCUT2D eigenvalue weighted by Gasteiger charge is 2.19. The van der Waals surface area contributed by atoms with E-state index in [0.717, 1.165) is 30.9 Å². The number of nitrogen functional groups attached to an aromatic ring is 1. The van der Waals surface area contributed by atoms with Gasteiger partial charge in [0.2, 0.25) is 0 Å². The van der Waals surface area contributed by atoms with E-state index in [9.17, 15) is 0 Å². The number of rotatable bonds is 3. The number of nitrogens with two attached hydrogens (primary N) is 1. The molecule has 0 spiro atoms. The number of methoxy groups -OCH3 is 1. The quantitative estimate of drug-likeness (QED) is 0.877. The Hall–Kier alpha value is -2.51. The number of benzene rings is 2. The highest BCUT2D eigenvalue weighted by Crippen LogP contribution is 2.27. The Kier molecular flexibility index (Phi) is 3.51. The lowest BCUT2D eigenvalue weighted by Gasteiger charge is -2.15. The Morgan fingerprint density at radius 1 is 1.19 bits per heavy atom. The molecule has 4 heteroatoms. The van der Waals surface area contributed by atoms with Crippen molar-refractivity contribution in [2.45, 2.75) is 19.6 Å². The maximum atomic E-state index is 9.02. The average Bonchev–Trinajstić information content (AvgIpc) is 2.88. The zero-order chi connectivity index (χ0) is 14.8. The van der Waals surface area contributed by atoms with E-state index in [-0.39, 0.29) is 0 Å². The normalized spacial score (nSPS) is 13.7. The summed E-state index contributed by atoms with van der Waals surface area (Å²) >= 11 is 0. The molecular formula is C17H17N3O. The lowest BCUT2D eigenvalue weighted by Crippen LogP contribution is -2.15. The van der Waals surface area contributed by atoms with Crippen molar-refractivity contribution in [1.29, 1.82) is 5.26 Å². The van der Waals surface area contributed by atoms with E-state index in [4.69, 9.17) is 15.7 Å². The Bertz CT molecular complexity index is 718. The van der Waals surface area contributed by atoms with E-state index in [1.807, 2.05) is 24.3 Å². The first-order valence-corrected chi connectivity index (χ1v) is 6.86. The minimum atomic E-state index is 0.568. The summed E-state index contributed by atoms with van der Waals surface area (Å²) in [6, 6.07) is 14.0. The third kappa shape index (κ3) is 2.69. The minimum absolute atomic E-state index is 0.568. The van der Waals surface area contributed by atoms with E-state index in [1.165, 1.54) is 11.1 Å². The molecule has 1 aliphatic rings. The molecule has 2 N–H and O–H groups in total. The van der Waals surface area contributed by atoms with Gasteiger partial charge in [0, 0.05) is 25.3 Å². The zero-order valence-electron chi connectivity index (χ0n) is 12.0. The number of hydrogen-bond donors (Lipinski definition) is 1. The smallest absolute Gasteiger partial charge is 0.136 e. The van der Waals surface area contributed by atoms with Gasteiger partial charge < -0.3 is 10.5 Å². The maximum absolute atomic E-state index is 9.02. The van der Waals surface area contributed by atoms with Gasteiger partial charge in [-0.25, -0.2) is 0 Å². The predicted molar refractivity (Wildman–Crippen MR) is 81.5 cm³/mol. The minimum Gasteiger partial charge on any atom is -0.495 e. The summed E-state index contributed by atoms with van der Waals surface area (Å²) < 4.78 is 5.26. The topological polar surface area (TPSA) is 62.3 Å². The number of hydrogen-bond acceptors (Lipinski definition) is 4. The average molecular weight is 279 g/mol. The number of nitriles is 1. The first-order chi connectivity index (χ1) is 10.2. The SMILES string of the molecule is COc1cc(CN2Cc3ccc(N)cc3C2)ccc1C#N. The van der Waals surface area contributed by atoms with E-state index < -0.39 is 0 Å². The van der Waals surface area contributed by atoms with Gasteiger partial charge in [-0.3, -0.25) is 4.90 Å². The fraction of sp³-hybridized carbons (Fsp3) is 0.235. The molecule has 0 atom stereocenters. The van der Waals surface area contributed by atoms with E-state index in [1.54, 1.807) is 7.11 Å². The molecule has 0 saturated carbocycles. The lowest BCUT2D eigenvalue weighted by molar-refractivity contribution is 0.275. The molecule has 0 amide bonds. The van der Waals surface area contributed by atoms with Crippen LogP contribution in [0, 0.1) is 11.3 Å². The van der Waals surface area contributed by atoms with Crippen molar-refractivity contribution in [2.75, 3.05) is 12.8 Å². The van der Waals surface area contributed by atoms with Crippen LogP contribution in [0.4, 0.5) is 5.69 Å². The van der Waals surface area contributed by atoms with Gasteiger partial charge in [-0.1, -0.05) is 12.1 Å². The molecule has 0 aromatic heterocycles. The van der Waals surface area contributed by atoms with E-state index in [0.29, 0.717) is 11.3 Å². The van der Waals surface area contributed by atoms with Crippen LogP contribution in [0.2, 0.25) is 0 Å². The summed E-state index contributed by atoms with van der Waals surface area (Å²) in [4.78, 5) is 2.35. The molecule has 0 radical (unpaired) electrons. The third-order valence-electron chi connectivity index (χ3n) is 3.81. The van der Waals surface area contributed by atoms with Gasteiger partial charge in [-0.2, -0.15) is 5.26 Å². The van der Waals surface area contributed by atoms with Gasteiger partial charge in [-0.05, 0) is 41.0 Å². The highest BCUT2D eigenvalue weighted by molar-refractivity contribution is 5.47. The predicted octanol–water partition coefficient (Wildman–Crippen LogP) is 2.66. The molecule has 0 saturated heterocycles. The molecule has 2 aromatic carbocycles. The molecule has 0 bridgehead atoms. The molecule has 106 valence electrons. The highest BCUT2D eigenvalue weighted by atomic mass is 16.5. The fourth-order valence-electron chi connectivity index (χ4n) is 2.78. The van der Waals surface area contributed by atoms with Crippen molar-refractivity contribution in [3.05, 3.63) is 58.7 Å². The number of ether oxygens (including phenoxy) is 1. The van der Waals surface area contributed by atoms with Crippen LogP contribution in [-0.4, -0.2) is 12.0 Å². The van der Waals surface area contributed by atoms with Crippen LogP contribution in [0.3, 0.4) is 0 Å². The Balaban J connectivity index is 1.76. The molecule has 4 nitrogen and oxygen atoms in total. The molecule has 3 rings (SSSR count). The Labute approximate surface area is 124 Å². The molecule has 1 heterocycles. The van der Waals surface area contributed by atoms with Crippen molar-refractivity contribution >= 4 is 5.69 Å². The maximum Gasteiger partial charge on any atom is 0.136 e. The molecule has 0 aliphatic carbocycles. The van der Waals surface area contributed by atoms with Crippen molar-refractivity contribution in [3.8, 4) is 11.8 Å². The second-order valence-electron chi connectivity index (χ2n) is 5.32. The van der Waals surface area contributed by atoms with Crippen molar-refractivity contribution in [1.82, 2.24) is 4.90 Å². The number of fused-ring (bicyclic) bond motifs is 1. The van der Waals surface area contributed by atoms with Crippen LogP contribution < -0.4 is 10.5 Å². The van der Waals surface area contributed by atoms with Crippen LogP contribution in [0.15, 0.2) is 36.4 Å². The van der Waals surface area contributed by atoms with Gasteiger partial charge in [-0.15, -0.1) is 0 Å². The second-order valence-corrected chi connectivity index (χ2v) is 5.32. The summed E-state index contributed by atoms with van der Waals surface area (Å²) in [5, 5.41) is 9.02. The largest absolute Gasteiger partial charge is 0.495 e. The second kappa shape index (κ2) is 5.47. The summed E-state index contributed by atoms with van der Waals surface area (Å²) in [5.41, 5.74) is 11.0. The molecule has 1 aliphatic heterocycles. The summed E-state index contributed by atoms with van der Waals surface area (Å²) in [5.74, 6) is 0.635. The van der Waals surface area contributed by atoms with Gasteiger partial charge in [0.1, 0.15) is 11.8 Å². The van der Waals surface area contributed by atoms with Gasteiger partial charge in [0.05, 0.1) is 12.7 Å². The van der Waals surface area contributed by atoms with Gasteiger partial charge >= 0.3 is 0 Å². The zero-order valence-corrected chi connectivity index (χ0v) is 12.0. The lowest BCUT2D eigenvalue weighted by atomic mass is 10.1. The van der Waals surface area contributed by atoms with Gasteiger partial charge in [0.15, 0.2) is 0 Å². The summed E-state index contributed by atoms with van der Waals surface area (Å²) in [6.07, 6.45) is 0. The Morgan fingerprint density at radius 3 is 2.76 bits per heavy atom. The van der Waals surface area contributed by atoms with Crippen molar-refractivity contribution in [3.63, 3.8) is 0 Å². The molecule has 0 fully saturated rings. The number of anilines is 1. The molecular weight excluding hydrogens is 262 g/mol. The van der Waals surface area contributed by atoms with Crippen LogP contribution in [0.1, 0.15) is 22.3 Å². The third-order valence-corrected chi connectivity index (χ3v) is 3.81. The summed E-state index contributed by atoms with van der Waals surface area (Å²) in [6.45, 7) is 2.66. The van der Waals surface area contributed by atoms with Crippen LogP contribution in [-0.2, 0) is 19.6 Å². The standard InChI is InChI=1S/C17H17N3O/c1-21-17-6-12(2-3-13(17)8-18)9-20-10-14-4-5-16(19)7-15(14)11-20/h2-7H,9-11,19H2,1H3. The van der Waals surface area contributed by atoms with Gasteiger partial charge in [0.25, 0.3) is 0 Å². The molecule has 21 heavy (non-hydrogen) atoms.